The number of carbonyl (C=O) groups excluding carboxylic acids is 1. The lowest BCUT2D eigenvalue weighted by molar-refractivity contribution is -0.116. The molecular weight excluding hydrogens is 334 g/mol. The van der Waals surface area contributed by atoms with Gasteiger partial charge < -0.3 is 5.32 Å². The Bertz CT molecular complexity index is 947. The van der Waals surface area contributed by atoms with Crippen LogP contribution in [0.4, 0.5) is 5.82 Å². The number of aromatic nitrogens is 2. The highest BCUT2D eigenvalue weighted by atomic mass is 16.1. The molecule has 4 rings (SSSR count). The van der Waals surface area contributed by atoms with E-state index in [1.165, 1.54) is 42.4 Å². The van der Waals surface area contributed by atoms with E-state index in [0.717, 1.165) is 28.8 Å². The summed E-state index contributed by atoms with van der Waals surface area (Å²) in [5, 5.41) is 11.3. The maximum atomic E-state index is 12.3. The second-order valence-corrected chi connectivity index (χ2v) is 7.95. The summed E-state index contributed by atoms with van der Waals surface area (Å²) >= 11 is 0. The van der Waals surface area contributed by atoms with E-state index in [-0.39, 0.29) is 5.91 Å². The molecule has 1 aromatic heterocycles. The molecule has 1 heterocycles. The summed E-state index contributed by atoms with van der Waals surface area (Å²) in [6, 6.07) is 12.8. The lowest BCUT2D eigenvalue weighted by Crippen LogP contribution is -2.13. The minimum atomic E-state index is 0.0636. The van der Waals surface area contributed by atoms with Crippen LogP contribution < -0.4 is 5.32 Å². The van der Waals surface area contributed by atoms with Crippen molar-refractivity contribution in [1.29, 1.82) is 0 Å². The minimum Gasteiger partial charge on any atom is -0.309 e. The second-order valence-electron chi connectivity index (χ2n) is 7.95. The molecule has 2 aromatic carbocycles. The van der Waals surface area contributed by atoms with Crippen LogP contribution in [-0.4, -0.2) is 16.1 Å². The first-order valence-electron chi connectivity index (χ1n) is 9.95. The van der Waals surface area contributed by atoms with Crippen LogP contribution in [0.1, 0.15) is 49.7 Å². The van der Waals surface area contributed by atoms with Gasteiger partial charge in [0.15, 0.2) is 5.82 Å². The highest BCUT2D eigenvalue weighted by molar-refractivity contribution is 6.00. The SMILES string of the molecule is Cc1cc(C)cc(-c2ccc3c(NC(=O)CCC4CCCC4)n[nH]c3c2)c1. The fourth-order valence-electron chi connectivity index (χ4n) is 4.26. The normalized spacial score (nSPS) is 14.7. The van der Waals surface area contributed by atoms with Crippen molar-refractivity contribution in [3.8, 4) is 11.1 Å². The molecule has 3 aromatic rings. The Morgan fingerprint density at radius 3 is 2.56 bits per heavy atom. The van der Waals surface area contributed by atoms with Crippen LogP contribution in [0.15, 0.2) is 36.4 Å². The Morgan fingerprint density at radius 1 is 1.07 bits per heavy atom. The summed E-state index contributed by atoms with van der Waals surface area (Å²) in [6.45, 7) is 4.23. The number of amides is 1. The van der Waals surface area contributed by atoms with E-state index in [9.17, 15) is 4.79 Å². The van der Waals surface area contributed by atoms with Crippen molar-refractivity contribution >= 4 is 22.6 Å². The Balaban J connectivity index is 1.49. The van der Waals surface area contributed by atoms with Crippen LogP contribution in [0, 0.1) is 19.8 Å². The fraction of sp³-hybridized carbons (Fsp3) is 0.391. The number of aryl methyl sites for hydroxylation is 2. The van der Waals surface area contributed by atoms with Gasteiger partial charge >= 0.3 is 0 Å². The minimum absolute atomic E-state index is 0.0636. The molecule has 1 aliphatic rings. The van der Waals surface area contributed by atoms with Gasteiger partial charge in [-0.25, -0.2) is 0 Å². The van der Waals surface area contributed by atoms with Crippen LogP contribution in [0.25, 0.3) is 22.0 Å². The molecule has 27 heavy (non-hydrogen) atoms. The molecule has 0 spiro atoms. The van der Waals surface area contributed by atoms with Gasteiger partial charge in [-0.15, -0.1) is 0 Å². The predicted octanol–water partition coefficient (Wildman–Crippen LogP) is 5.76. The Kier molecular flexibility index (Phi) is 4.97. The summed E-state index contributed by atoms with van der Waals surface area (Å²) in [6.07, 6.45) is 6.77. The van der Waals surface area contributed by atoms with Crippen molar-refractivity contribution in [3.63, 3.8) is 0 Å². The lowest BCUT2D eigenvalue weighted by Gasteiger charge is -2.08. The molecule has 1 aliphatic carbocycles. The monoisotopic (exact) mass is 361 g/mol. The molecule has 2 N–H and O–H groups in total. The number of aromatic amines is 1. The second kappa shape index (κ2) is 7.55. The van der Waals surface area contributed by atoms with Crippen molar-refractivity contribution in [1.82, 2.24) is 10.2 Å². The summed E-state index contributed by atoms with van der Waals surface area (Å²) in [4.78, 5) is 12.3. The number of benzene rings is 2. The van der Waals surface area contributed by atoms with E-state index in [1.807, 2.05) is 6.07 Å². The zero-order valence-electron chi connectivity index (χ0n) is 16.1. The standard InChI is InChI=1S/C23H27N3O/c1-15-11-16(2)13-19(12-15)18-8-9-20-21(14-18)25-26-23(20)24-22(27)10-7-17-5-3-4-6-17/h8-9,11-14,17H,3-7,10H2,1-2H3,(H2,24,25,26,27). The first-order chi connectivity index (χ1) is 13.1. The van der Waals surface area contributed by atoms with E-state index in [1.54, 1.807) is 0 Å². The maximum absolute atomic E-state index is 12.3. The third-order valence-electron chi connectivity index (χ3n) is 5.63. The molecular formula is C23H27N3O. The van der Waals surface area contributed by atoms with Crippen LogP contribution in [0.5, 0.6) is 0 Å². The van der Waals surface area contributed by atoms with Crippen molar-refractivity contribution in [3.05, 3.63) is 47.5 Å². The molecule has 1 amide bonds. The van der Waals surface area contributed by atoms with Gasteiger partial charge in [-0.1, -0.05) is 61.1 Å². The summed E-state index contributed by atoms with van der Waals surface area (Å²) in [5.74, 6) is 1.43. The van der Waals surface area contributed by atoms with Gasteiger partial charge in [-0.2, -0.15) is 5.10 Å². The van der Waals surface area contributed by atoms with Crippen LogP contribution >= 0.6 is 0 Å². The van der Waals surface area contributed by atoms with Crippen molar-refractivity contribution in [2.75, 3.05) is 5.32 Å². The van der Waals surface area contributed by atoms with Crippen molar-refractivity contribution in [2.24, 2.45) is 5.92 Å². The average Bonchev–Trinajstić information content (AvgIpc) is 3.29. The maximum Gasteiger partial charge on any atom is 0.225 e. The Morgan fingerprint density at radius 2 is 1.81 bits per heavy atom. The third kappa shape index (κ3) is 4.05. The van der Waals surface area contributed by atoms with Gasteiger partial charge in [0, 0.05) is 11.8 Å². The number of anilines is 1. The van der Waals surface area contributed by atoms with E-state index >= 15 is 0 Å². The molecule has 1 fully saturated rings. The van der Waals surface area contributed by atoms with Gasteiger partial charge in [-0.3, -0.25) is 9.89 Å². The highest BCUT2D eigenvalue weighted by Crippen LogP contribution is 2.30. The lowest BCUT2D eigenvalue weighted by atomic mass is 10.00. The molecule has 140 valence electrons. The number of carbonyl (C=O) groups is 1. The first kappa shape index (κ1) is 17.8. The number of H-pyrrole nitrogens is 1. The van der Waals surface area contributed by atoms with Crippen molar-refractivity contribution in [2.45, 2.75) is 52.4 Å². The smallest absolute Gasteiger partial charge is 0.225 e. The molecule has 0 radical (unpaired) electrons. The molecule has 1 saturated carbocycles. The average molecular weight is 361 g/mol. The zero-order chi connectivity index (χ0) is 18.8. The predicted molar refractivity (Wildman–Crippen MR) is 111 cm³/mol. The van der Waals surface area contributed by atoms with Gasteiger partial charge in [0.05, 0.1) is 5.52 Å². The Labute approximate surface area is 160 Å². The molecule has 0 saturated heterocycles. The molecule has 0 bridgehead atoms. The number of hydrogen-bond acceptors (Lipinski definition) is 2. The molecule has 4 heteroatoms. The summed E-state index contributed by atoms with van der Waals surface area (Å²) < 4.78 is 0. The van der Waals surface area contributed by atoms with Gasteiger partial charge in [0.25, 0.3) is 0 Å². The van der Waals surface area contributed by atoms with Gasteiger partial charge in [0.1, 0.15) is 0 Å². The van der Waals surface area contributed by atoms with Crippen molar-refractivity contribution < 1.29 is 4.79 Å². The summed E-state index contributed by atoms with van der Waals surface area (Å²) in [7, 11) is 0. The molecule has 0 atom stereocenters. The van der Waals surface area contributed by atoms with Crippen LogP contribution in [0.3, 0.4) is 0 Å². The number of fused-ring (bicyclic) bond motifs is 1. The Hall–Kier alpha value is -2.62. The topological polar surface area (TPSA) is 57.8 Å². The number of nitrogens with one attached hydrogen (secondary N) is 2. The number of nitrogens with zero attached hydrogens (tertiary/aromatic N) is 1. The van der Waals surface area contributed by atoms with Crippen LogP contribution in [-0.2, 0) is 4.79 Å². The molecule has 0 unspecified atom stereocenters. The zero-order valence-corrected chi connectivity index (χ0v) is 16.1. The van der Waals surface area contributed by atoms with Gasteiger partial charge in [-0.05, 0) is 49.4 Å². The highest BCUT2D eigenvalue weighted by Gasteiger charge is 2.17. The van der Waals surface area contributed by atoms with E-state index in [0.29, 0.717) is 12.2 Å². The van der Waals surface area contributed by atoms with Crippen LogP contribution in [0.2, 0.25) is 0 Å². The number of rotatable bonds is 5. The number of hydrogen-bond donors (Lipinski definition) is 2. The van der Waals surface area contributed by atoms with E-state index in [4.69, 9.17) is 0 Å². The molecule has 4 nitrogen and oxygen atoms in total. The first-order valence-corrected chi connectivity index (χ1v) is 9.95. The largest absolute Gasteiger partial charge is 0.309 e. The van der Waals surface area contributed by atoms with E-state index < -0.39 is 0 Å². The quantitative estimate of drug-likeness (QED) is 0.607. The fourth-order valence-corrected chi connectivity index (χ4v) is 4.26. The summed E-state index contributed by atoms with van der Waals surface area (Å²) in [5.41, 5.74) is 5.80. The third-order valence-corrected chi connectivity index (χ3v) is 5.63. The molecule has 0 aliphatic heterocycles. The van der Waals surface area contributed by atoms with Gasteiger partial charge in [0.2, 0.25) is 5.91 Å². The van der Waals surface area contributed by atoms with E-state index in [2.05, 4.69) is 59.7 Å².